The van der Waals surface area contributed by atoms with Crippen molar-refractivity contribution in [2.45, 2.75) is 31.6 Å². The molecule has 0 heterocycles. The second-order valence-corrected chi connectivity index (χ2v) is 3.74. The highest BCUT2D eigenvalue weighted by Crippen LogP contribution is 2.35. The molecule has 0 unspecified atom stereocenters. The molecule has 1 saturated carbocycles. The third-order valence-corrected chi connectivity index (χ3v) is 2.50. The Hall–Kier alpha value is -1.20. The Morgan fingerprint density at radius 2 is 1.87 bits per heavy atom. The first kappa shape index (κ1) is 11.9. The van der Waals surface area contributed by atoms with Gasteiger partial charge >= 0.3 is 5.97 Å². The normalized spacial score (nSPS) is 20.9. The van der Waals surface area contributed by atoms with Crippen molar-refractivity contribution in [3.8, 4) is 0 Å². The predicted molar refractivity (Wildman–Crippen MR) is 47.6 cm³/mol. The van der Waals surface area contributed by atoms with Crippen LogP contribution in [0.15, 0.2) is 0 Å². The molecule has 1 rings (SSSR count). The van der Waals surface area contributed by atoms with Crippen LogP contribution < -0.4 is 5.32 Å². The Morgan fingerprint density at radius 3 is 2.33 bits per heavy atom. The van der Waals surface area contributed by atoms with Gasteiger partial charge in [0.15, 0.2) is 0 Å². The van der Waals surface area contributed by atoms with E-state index in [1.165, 1.54) is 0 Å². The second kappa shape index (κ2) is 4.55. The maximum atomic E-state index is 12.7. The number of hydrogen-bond acceptors (Lipinski definition) is 2. The first-order valence-corrected chi connectivity index (χ1v) is 4.78. The van der Waals surface area contributed by atoms with Crippen molar-refractivity contribution in [3.05, 3.63) is 0 Å². The average Bonchev–Trinajstić information content (AvgIpc) is 2.14. The molecule has 0 atom stereocenters. The van der Waals surface area contributed by atoms with Crippen LogP contribution in [0.3, 0.4) is 0 Å². The number of carboxylic acid groups (broad SMARTS) is 1. The monoisotopic (exact) mass is 221 g/mol. The number of carbonyl (C=O) groups excluding carboxylic acids is 1. The summed E-state index contributed by atoms with van der Waals surface area (Å²) in [6, 6.07) is 0. The molecule has 86 valence electrons. The molecule has 0 aromatic heterocycles. The van der Waals surface area contributed by atoms with Crippen LogP contribution in [0.5, 0.6) is 0 Å². The minimum absolute atomic E-state index is 0.123. The SMILES string of the molecule is O=C(O)CNC(=O)C1CCC(F)(F)CC1. The van der Waals surface area contributed by atoms with E-state index in [1.54, 1.807) is 0 Å². The molecule has 4 nitrogen and oxygen atoms in total. The molecule has 0 spiro atoms. The Balaban J connectivity index is 2.33. The third kappa shape index (κ3) is 3.81. The lowest BCUT2D eigenvalue weighted by atomic mass is 9.86. The topological polar surface area (TPSA) is 66.4 Å². The lowest BCUT2D eigenvalue weighted by Crippen LogP contribution is -2.38. The van der Waals surface area contributed by atoms with Crippen molar-refractivity contribution < 1.29 is 23.5 Å². The number of nitrogens with one attached hydrogen (secondary N) is 1. The van der Waals surface area contributed by atoms with Gasteiger partial charge in [-0.15, -0.1) is 0 Å². The number of hydrogen-bond donors (Lipinski definition) is 2. The van der Waals surface area contributed by atoms with Crippen LogP contribution in [0.1, 0.15) is 25.7 Å². The Morgan fingerprint density at radius 1 is 1.33 bits per heavy atom. The van der Waals surface area contributed by atoms with E-state index in [-0.39, 0.29) is 25.7 Å². The van der Waals surface area contributed by atoms with E-state index in [1.807, 2.05) is 0 Å². The Labute approximate surface area is 85.7 Å². The molecule has 0 saturated heterocycles. The van der Waals surface area contributed by atoms with Crippen molar-refractivity contribution in [1.82, 2.24) is 5.32 Å². The van der Waals surface area contributed by atoms with E-state index in [0.717, 1.165) is 0 Å². The van der Waals surface area contributed by atoms with Gasteiger partial charge in [-0.3, -0.25) is 9.59 Å². The molecule has 0 radical (unpaired) electrons. The summed E-state index contributed by atoms with van der Waals surface area (Å²) in [6.07, 6.45) is -0.340. The number of carboxylic acids is 1. The fourth-order valence-corrected chi connectivity index (χ4v) is 1.61. The second-order valence-electron chi connectivity index (χ2n) is 3.74. The highest BCUT2D eigenvalue weighted by molar-refractivity contribution is 5.82. The van der Waals surface area contributed by atoms with Crippen molar-refractivity contribution in [2.24, 2.45) is 5.92 Å². The molecule has 1 amide bonds. The Bertz CT molecular complexity index is 258. The van der Waals surface area contributed by atoms with Crippen molar-refractivity contribution in [1.29, 1.82) is 0 Å². The summed E-state index contributed by atoms with van der Waals surface area (Å²) in [6.45, 7) is -0.453. The number of rotatable bonds is 3. The third-order valence-electron chi connectivity index (χ3n) is 2.50. The standard InChI is InChI=1S/C9H13F2NO3/c10-9(11)3-1-6(2-4-9)8(15)12-5-7(13)14/h6H,1-5H2,(H,12,15)(H,13,14). The van der Waals surface area contributed by atoms with Crippen LogP contribution in [-0.4, -0.2) is 29.5 Å². The number of halogens is 2. The van der Waals surface area contributed by atoms with Gasteiger partial charge in [0, 0.05) is 18.8 Å². The van der Waals surface area contributed by atoms with Gasteiger partial charge in [-0.1, -0.05) is 0 Å². The number of carbonyl (C=O) groups is 2. The largest absolute Gasteiger partial charge is 0.480 e. The molecule has 1 aliphatic carbocycles. The van der Waals surface area contributed by atoms with Gasteiger partial charge in [0.25, 0.3) is 0 Å². The van der Waals surface area contributed by atoms with Gasteiger partial charge < -0.3 is 10.4 Å². The lowest BCUT2D eigenvalue weighted by Gasteiger charge is -2.27. The summed E-state index contributed by atoms with van der Waals surface area (Å²) in [5.74, 6) is -4.70. The molecule has 0 bridgehead atoms. The molecule has 1 aliphatic rings. The molecular formula is C9H13F2NO3. The predicted octanol–water partition coefficient (Wildman–Crippen LogP) is 1.01. The van der Waals surface area contributed by atoms with E-state index in [2.05, 4.69) is 5.32 Å². The van der Waals surface area contributed by atoms with E-state index in [0.29, 0.717) is 0 Å². The van der Waals surface area contributed by atoms with Crippen LogP contribution in [-0.2, 0) is 9.59 Å². The van der Waals surface area contributed by atoms with Crippen LogP contribution in [0, 0.1) is 5.92 Å². The van der Waals surface area contributed by atoms with E-state index in [4.69, 9.17) is 5.11 Å². The molecule has 15 heavy (non-hydrogen) atoms. The zero-order chi connectivity index (χ0) is 11.5. The van der Waals surface area contributed by atoms with Crippen molar-refractivity contribution in [2.75, 3.05) is 6.54 Å². The van der Waals surface area contributed by atoms with Crippen LogP contribution in [0.4, 0.5) is 8.78 Å². The maximum absolute atomic E-state index is 12.7. The zero-order valence-electron chi connectivity index (χ0n) is 8.13. The van der Waals surface area contributed by atoms with E-state index < -0.39 is 30.3 Å². The van der Waals surface area contributed by atoms with Gasteiger partial charge in [-0.25, -0.2) is 8.78 Å². The van der Waals surface area contributed by atoms with Gasteiger partial charge in [0.05, 0.1) is 0 Å². The van der Waals surface area contributed by atoms with Crippen molar-refractivity contribution in [3.63, 3.8) is 0 Å². The summed E-state index contributed by atoms with van der Waals surface area (Å²) < 4.78 is 25.5. The highest BCUT2D eigenvalue weighted by atomic mass is 19.3. The molecule has 0 aromatic rings. The number of amides is 1. The fraction of sp³-hybridized carbons (Fsp3) is 0.778. The first-order chi connectivity index (χ1) is 6.91. The molecule has 1 fully saturated rings. The van der Waals surface area contributed by atoms with Gasteiger partial charge in [0.1, 0.15) is 6.54 Å². The summed E-state index contributed by atoms with van der Waals surface area (Å²) in [4.78, 5) is 21.4. The molecule has 6 heteroatoms. The van der Waals surface area contributed by atoms with Crippen LogP contribution in [0.25, 0.3) is 0 Å². The lowest BCUT2D eigenvalue weighted by molar-refractivity contribution is -0.139. The molecule has 0 aliphatic heterocycles. The van der Waals surface area contributed by atoms with Crippen LogP contribution >= 0.6 is 0 Å². The minimum atomic E-state index is -2.66. The van der Waals surface area contributed by atoms with Gasteiger partial charge in [0.2, 0.25) is 11.8 Å². The van der Waals surface area contributed by atoms with Gasteiger partial charge in [-0.05, 0) is 12.8 Å². The zero-order valence-corrected chi connectivity index (χ0v) is 8.13. The van der Waals surface area contributed by atoms with E-state index >= 15 is 0 Å². The quantitative estimate of drug-likeness (QED) is 0.747. The minimum Gasteiger partial charge on any atom is -0.480 e. The molecule has 0 aromatic carbocycles. The molecule has 2 N–H and O–H groups in total. The number of alkyl halides is 2. The highest BCUT2D eigenvalue weighted by Gasteiger charge is 2.37. The van der Waals surface area contributed by atoms with Gasteiger partial charge in [-0.2, -0.15) is 0 Å². The Kier molecular flexibility index (Phi) is 3.60. The smallest absolute Gasteiger partial charge is 0.322 e. The summed E-state index contributed by atoms with van der Waals surface area (Å²) in [7, 11) is 0. The van der Waals surface area contributed by atoms with Crippen molar-refractivity contribution >= 4 is 11.9 Å². The van der Waals surface area contributed by atoms with E-state index in [9.17, 15) is 18.4 Å². The first-order valence-electron chi connectivity index (χ1n) is 4.78. The fourth-order valence-electron chi connectivity index (χ4n) is 1.61. The summed E-state index contributed by atoms with van der Waals surface area (Å²) >= 11 is 0. The van der Waals surface area contributed by atoms with Crippen LogP contribution in [0.2, 0.25) is 0 Å². The summed E-state index contributed by atoms with van der Waals surface area (Å²) in [5, 5.41) is 10.5. The summed E-state index contributed by atoms with van der Waals surface area (Å²) in [5.41, 5.74) is 0. The average molecular weight is 221 g/mol. The number of aliphatic carboxylic acids is 1. The maximum Gasteiger partial charge on any atom is 0.322 e. The molecular weight excluding hydrogens is 208 g/mol.